The highest BCUT2D eigenvalue weighted by Crippen LogP contribution is 2.31. The van der Waals surface area contributed by atoms with Crippen molar-refractivity contribution in [3.05, 3.63) is 0 Å². The van der Waals surface area contributed by atoms with Gasteiger partial charge in [-0.15, -0.1) is 0 Å². The lowest BCUT2D eigenvalue weighted by atomic mass is 11.9. The molecule has 1 unspecified atom stereocenters. The summed E-state index contributed by atoms with van der Waals surface area (Å²) in [6, 6.07) is 0. The van der Waals surface area contributed by atoms with Crippen LogP contribution in [0, 0.1) is 0 Å². The molecule has 0 rings (SSSR count). The van der Waals surface area contributed by atoms with Crippen LogP contribution in [0.1, 0.15) is 0 Å². The third kappa shape index (κ3) is 7.20. The molecule has 0 fully saturated rings. The second kappa shape index (κ2) is 6.32. The van der Waals surface area contributed by atoms with Crippen LogP contribution in [-0.4, -0.2) is 21.8 Å². The van der Waals surface area contributed by atoms with Crippen molar-refractivity contribution in [2.75, 3.05) is 17.6 Å². The predicted octanol–water partition coefficient (Wildman–Crippen LogP) is 1.98. The van der Waals surface area contributed by atoms with Gasteiger partial charge in [-0.2, -0.15) is 0 Å². The largest absolute Gasteiger partial charge is 0.259 e. The first-order valence-corrected chi connectivity index (χ1v) is 7.68. The molecule has 5 heteroatoms. The van der Waals surface area contributed by atoms with E-state index in [2.05, 4.69) is 0 Å². The van der Waals surface area contributed by atoms with Gasteiger partial charge < -0.3 is 0 Å². The second-order valence-corrected chi connectivity index (χ2v) is 7.18. The van der Waals surface area contributed by atoms with Crippen molar-refractivity contribution in [3.8, 4) is 0 Å². The fraction of sp³-hybridized carbons (Fsp3) is 1.00. The summed E-state index contributed by atoms with van der Waals surface area (Å²) in [6.07, 6.45) is 3.73. The maximum absolute atomic E-state index is 10.4. The monoisotopic (exact) mass is 188 g/mol. The third-order valence-corrected chi connectivity index (χ3v) is 5.93. The summed E-state index contributed by atoms with van der Waals surface area (Å²) >= 11 is 0. The number of rotatable bonds is 4. The first-order chi connectivity index (χ1) is 3.77. The molecule has 0 aliphatic rings. The van der Waals surface area contributed by atoms with Gasteiger partial charge in [0, 0.05) is 17.1 Å². The maximum Gasteiger partial charge on any atom is 0.0801 e. The number of hydrogen-bond donors (Lipinski definition) is 0. The Hall–Kier alpha value is 1.20. The fourth-order valence-corrected chi connectivity index (χ4v) is 4.72. The molecule has 0 radical (unpaired) electrons. The standard InChI is InChI=1S/C3H8OS4/c1-5-7-6-3-8(2)4/h3H2,1-2H3. The van der Waals surface area contributed by atoms with E-state index in [-0.39, 0.29) is 0 Å². The minimum absolute atomic E-state index is 0.638. The highest BCUT2D eigenvalue weighted by molar-refractivity contribution is 9.09. The molecule has 0 saturated heterocycles. The summed E-state index contributed by atoms with van der Waals surface area (Å²) in [5, 5.41) is 0.742. The molecule has 0 bridgehead atoms. The maximum atomic E-state index is 10.4. The molecule has 0 aromatic rings. The molecule has 0 N–H and O–H groups in total. The van der Waals surface area contributed by atoms with Gasteiger partial charge in [-0.25, -0.2) is 0 Å². The van der Waals surface area contributed by atoms with Gasteiger partial charge in [0.2, 0.25) is 0 Å². The van der Waals surface area contributed by atoms with Crippen LogP contribution in [0.5, 0.6) is 0 Å². The van der Waals surface area contributed by atoms with E-state index in [9.17, 15) is 4.21 Å². The Labute approximate surface area is 64.0 Å². The zero-order valence-electron chi connectivity index (χ0n) is 4.75. The molecule has 50 valence electrons. The molecule has 0 amide bonds. The van der Waals surface area contributed by atoms with Gasteiger partial charge in [0.25, 0.3) is 0 Å². The van der Waals surface area contributed by atoms with Gasteiger partial charge in [0.1, 0.15) is 0 Å². The minimum Gasteiger partial charge on any atom is -0.259 e. The van der Waals surface area contributed by atoms with Crippen molar-refractivity contribution in [1.29, 1.82) is 0 Å². The Morgan fingerprint density at radius 1 is 1.62 bits per heavy atom. The second-order valence-electron chi connectivity index (χ2n) is 1.04. The molecule has 0 spiro atoms. The molecular formula is C3H8OS4. The van der Waals surface area contributed by atoms with Crippen LogP contribution in [0.2, 0.25) is 0 Å². The summed E-state index contributed by atoms with van der Waals surface area (Å²) in [5.41, 5.74) is 0. The molecule has 0 aliphatic heterocycles. The van der Waals surface area contributed by atoms with E-state index in [1.54, 1.807) is 37.7 Å². The highest BCUT2D eigenvalue weighted by Gasteiger charge is 1.89. The van der Waals surface area contributed by atoms with Crippen LogP contribution >= 0.6 is 31.4 Å². The van der Waals surface area contributed by atoms with Gasteiger partial charge in [-0.3, -0.25) is 4.21 Å². The van der Waals surface area contributed by atoms with Crippen molar-refractivity contribution in [2.45, 2.75) is 0 Å². The van der Waals surface area contributed by atoms with Gasteiger partial charge >= 0.3 is 0 Å². The average molecular weight is 188 g/mol. The topological polar surface area (TPSA) is 17.1 Å². The molecule has 0 heterocycles. The van der Waals surface area contributed by atoms with E-state index < -0.39 is 10.8 Å². The molecule has 0 aromatic carbocycles. The smallest absolute Gasteiger partial charge is 0.0801 e. The van der Waals surface area contributed by atoms with Crippen LogP contribution in [0.3, 0.4) is 0 Å². The minimum atomic E-state index is -0.638. The lowest BCUT2D eigenvalue weighted by Crippen LogP contribution is -1.84. The van der Waals surface area contributed by atoms with E-state index >= 15 is 0 Å². The quantitative estimate of drug-likeness (QED) is 0.495. The van der Waals surface area contributed by atoms with Crippen LogP contribution < -0.4 is 0 Å². The van der Waals surface area contributed by atoms with E-state index in [1.165, 1.54) is 0 Å². The predicted molar refractivity (Wildman–Crippen MR) is 47.6 cm³/mol. The fourth-order valence-electron chi connectivity index (χ4n) is 0.136. The van der Waals surface area contributed by atoms with Gasteiger partial charge in [-0.05, 0) is 16.1 Å². The Morgan fingerprint density at radius 2 is 2.25 bits per heavy atom. The summed E-state index contributed by atoms with van der Waals surface area (Å²) in [4.78, 5) is 0. The third-order valence-electron chi connectivity index (χ3n) is 0.330. The van der Waals surface area contributed by atoms with Gasteiger partial charge in [0.15, 0.2) is 0 Å². The van der Waals surface area contributed by atoms with Crippen LogP contribution in [0.15, 0.2) is 0 Å². The molecular weight excluding hydrogens is 180 g/mol. The lowest BCUT2D eigenvalue weighted by molar-refractivity contribution is 0.689. The van der Waals surface area contributed by atoms with Crippen molar-refractivity contribution in [2.24, 2.45) is 0 Å². The molecule has 0 saturated carbocycles. The summed E-state index contributed by atoms with van der Waals surface area (Å²) in [5.74, 6) is 0. The van der Waals surface area contributed by atoms with Crippen LogP contribution in [-0.2, 0) is 10.8 Å². The van der Waals surface area contributed by atoms with Crippen molar-refractivity contribution >= 4 is 42.2 Å². The Bertz CT molecular complexity index is 73.7. The Balaban J connectivity index is 2.82. The SMILES string of the molecule is CSSSCS(C)=O. The molecule has 1 atom stereocenters. The zero-order chi connectivity index (χ0) is 6.41. The molecule has 8 heavy (non-hydrogen) atoms. The van der Waals surface area contributed by atoms with E-state index in [0.717, 1.165) is 5.08 Å². The first-order valence-electron chi connectivity index (χ1n) is 1.89. The Kier molecular flexibility index (Phi) is 7.27. The summed E-state index contributed by atoms with van der Waals surface area (Å²) in [6.45, 7) is 0. The van der Waals surface area contributed by atoms with Gasteiger partial charge in [0.05, 0.1) is 5.08 Å². The zero-order valence-corrected chi connectivity index (χ0v) is 8.01. The van der Waals surface area contributed by atoms with Crippen molar-refractivity contribution in [3.63, 3.8) is 0 Å². The van der Waals surface area contributed by atoms with Crippen LogP contribution in [0.25, 0.3) is 0 Å². The lowest BCUT2D eigenvalue weighted by Gasteiger charge is -1.90. The molecule has 0 aliphatic carbocycles. The molecule has 1 nitrogen and oxygen atoms in total. The van der Waals surface area contributed by atoms with Crippen LogP contribution in [0.4, 0.5) is 0 Å². The van der Waals surface area contributed by atoms with E-state index in [4.69, 9.17) is 0 Å². The summed E-state index contributed by atoms with van der Waals surface area (Å²) < 4.78 is 10.4. The number of hydrogen-bond acceptors (Lipinski definition) is 4. The highest BCUT2D eigenvalue weighted by atomic mass is 33.5. The normalized spacial score (nSPS) is 13.8. The van der Waals surface area contributed by atoms with Crippen molar-refractivity contribution in [1.82, 2.24) is 0 Å². The van der Waals surface area contributed by atoms with E-state index in [1.807, 2.05) is 6.26 Å². The average Bonchev–Trinajstić information content (AvgIpc) is 1.66. The van der Waals surface area contributed by atoms with Gasteiger partial charge in [-0.1, -0.05) is 21.6 Å². The van der Waals surface area contributed by atoms with Crippen molar-refractivity contribution < 1.29 is 4.21 Å². The first kappa shape index (κ1) is 9.20. The summed E-state index contributed by atoms with van der Waals surface area (Å²) in [7, 11) is 4.37. The molecule has 0 aromatic heterocycles. The Morgan fingerprint density at radius 3 is 2.62 bits per heavy atom. The van der Waals surface area contributed by atoms with E-state index in [0.29, 0.717) is 0 Å².